The molecule has 0 atom stereocenters. The summed E-state index contributed by atoms with van der Waals surface area (Å²) in [5.74, 6) is 0. The molecule has 0 radical (unpaired) electrons. The molecule has 0 rings (SSSR count). The van der Waals surface area contributed by atoms with E-state index in [1.807, 2.05) is 0 Å². The van der Waals surface area contributed by atoms with Crippen LogP contribution >= 0.6 is 0 Å². The van der Waals surface area contributed by atoms with Gasteiger partial charge in [-0.25, -0.2) is 0 Å². The van der Waals surface area contributed by atoms with Crippen LogP contribution < -0.4 is 0 Å². The minimum atomic E-state index is -1.42. The maximum absolute atomic E-state index is 8.40. The van der Waals surface area contributed by atoms with Crippen molar-refractivity contribution in [3.8, 4) is 0 Å². The van der Waals surface area contributed by atoms with Crippen LogP contribution in [0.4, 0.5) is 0 Å². The minimum absolute atomic E-state index is 0. The molecule has 0 aromatic rings. The van der Waals surface area contributed by atoms with Crippen LogP contribution in [0.5, 0.6) is 0 Å². The topological polar surface area (TPSA) is 34.1 Å². The molecule has 2 nitrogen and oxygen atoms in total. The first-order valence-electron chi connectivity index (χ1n) is 0.408. The Labute approximate surface area is 74.7 Å². The summed E-state index contributed by atoms with van der Waals surface area (Å²) >= 11 is 0. The Bertz CT molecular complexity index is 27.0. The standard InChI is InChI=1S/O2Si.Rb.H/c1-3-2;;. The predicted molar refractivity (Wildman–Crippen MR) is 14.3 cm³/mol. The summed E-state index contributed by atoms with van der Waals surface area (Å²) in [7, 11) is -1.42. The van der Waals surface area contributed by atoms with E-state index in [2.05, 4.69) is 0 Å². The van der Waals surface area contributed by atoms with E-state index in [0.717, 1.165) is 0 Å². The second-order valence-corrected chi connectivity index (χ2v) is 0.250. The quantitative estimate of drug-likeness (QED) is 0.400. The molecular weight excluding hydrogens is 146 g/mol. The molecule has 4 heavy (non-hydrogen) atoms. The summed E-state index contributed by atoms with van der Waals surface area (Å²) in [6.45, 7) is 0. The van der Waals surface area contributed by atoms with Crippen LogP contribution in [0.25, 0.3) is 0 Å². The van der Waals surface area contributed by atoms with Crippen molar-refractivity contribution in [3.63, 3.8) is 0 Å². The van der Waals surface area contributed by atoms with Crippen LogP contribution in [0.15, 0.2) is 0 Å². The van der Waals surface area contributed by atoms with Crippen LogP contribution in [0.2, 0.25) is 0 Å². The van der Waals surface area contributed by atoms with Gasteiger partial charge in [0.2, 0.25) is 0 Å². The first-order valence-corrected chi connectivity index (χ1v) is 1.22. The maximum atomic E-state index is 8.40. The second kappa shape index (κ2) is 8.82. The Balaban J connectivity index is 0. The summed E-state index contributed by atoms with van der Waals surface area (Å²) in [6.07, 6.45) is 0. The van der Waals surface area contributed by atoms with Gasteiger partial charge >= 0.3 is 67.5 Å². The summed E-state index contributed by atoms with van der Waals surface area (Å²) in [4.78, 5) is 0. The van der Waals surface area contributed by atoms with Crippen molar-refractivity contribution in [1.29, 1.82) is 0 Å². The molecule has 4 heteroatoms. The van der Waals surface area contributed by atoms with Crippen LogP contribution in [-0.2, 0) is 8.92 Å². The molecule has 0 bridgehead atoms. The zero-order chi connectivity index (χ0) is 2.71. The fraction of sp³-hybridized carbons (Fsp3) is 0. The van der Waals surface area contributed by atoms with Crippen LogP contribution in [-0.4, -0.2) is 67.5 Å². The molecule has 0 unspecified atom stereocenters. The summed E-state index contributed by atoms with van der Waals surface area (Å²) < 4.78 is 16.8. The third-order valence-electron chi connectivity index (χ3n) is 0. The first-order chi connectivity index (χ1) is 1.41. The van der Waals surface area contributed by atoms with Gasteiger partial charge in [0.05, 0.1) is 0 Å². The first kappa shape index (κ1) is 9.15. The van der Waals surface area contributed by atoms with Crippen molar-refractivity contribution in [2.24, 2.45) is 0 Å². The van der Waals surface area contributed by atoms with Gasteiger partial charge in [-0.15, -0.1) is 0 Å². The monoisotopic (exact) mass is 146 g/mol. The molecule has 0 aromatic heterocycles. The molecule has 0 amide bonds. The van der Waals surface area contributed by atoms with Gasteiger partial charge in [0, 0.05) is 0 Å². The SMILES string of the molecule is O=[Si]=O.[RbH]. The third kappa shape index (κ3) is 9.46. The van der Waals surface area contributed by atoms with E-state index in [0.29, 0.717) is 0 Å². The van der Waals surface area contributed by atoms with Crippen LogP contribution in [0.1, 0.15) is 0 Å². The molecule has 0 aliphatic rings. The Morgan fingerprint density at radius 3 is 1.25 bits per heavy atom. The number of hydrogen-bond donors (Lipinski definition) is 0. The Morgan fingerprint density at radius 1 is 1.25 bits per heavy atom. The third-order valence-corrected chi connectivity index (χ3v) is 0. The van der Waals surface area contributed by atoms with Crippen molar-refractivity contribution < 1.29 is 8.92 Å². The van der Waals surface area contributed by atoms with Gasteiger partial charge in [0.15, 0.2) is 0 Å². The summed E-state index contributed by atoms with van der Waals surface area (Å²) in [5, 5.41) is 0. The van der Waals surface area contributed by atoms with E-state index in [1.165, 1.54) is 0 Å². The van der Waals surface area contributed by atoms with Gasteiger partial charge in [-0.3, -0.25) is 8.92 Å². The average molecular weight is 147 g/mol. The molecule has 0 saturated heterocycles. The van der Waals surface area contributed by atoms with E-state index in [1.54, 1.807) is 0 Å². The number of hydrogen-bond acceptors (Lipinski definition) is 2. The van der Waals surface area contributed by atoms with E-state index in [4.69, 9.17) is 8.92 Å². The molecule has 18 valence electrons. The summed E-state index contributed by atoms with van der Waals surface area (Å²) in [5.41, 5.74) is 0. The zero-order valence-corrected chi connectivity index (χ0v) is 2.32. The molecule has 0 aliphatic carbocycles. The van der Waals surface area contributed by atoms with Gasteiger partial charge in [-0.05, 0) is 0 Å². The second-order valence-electron chi connectivity index (χ2n) is 0.0833. The van der Waals surface area contributed by atoms with Crippen molar-refractivity contribution in [2.45, 2.75) is 0 Å². The number of rotatable bonds is 0. The molecule has 0 aromatic carbocycles. The van der Waals surface area contributed by atoms with Gasteiger partial charge in [0.1, 0.15) is 0 Å². The van der Waals surface area contributed by atoms with Crippen molar-refractivity contribution in [1.82, 2.24) is 0 Å². The Hall–Kier alpha value is 1.62. The fourth-order valence-electron chi connectivity index (χ4n) is 0. The van der Waals surface area contributed by atoms with Crippen molar-refractivity contribution in [2.75, 3.05) is 0 Å². The van der Waals surface area contributed by atoms with Crippen LogP contribution in [0, 0.1) is 0 Å². The van der Waals surface area contributed by atoms with E-state index in [9.17, 15) is 0 Å². The van der Waals surface area contributed by atoms with Crippen molar-refractivity contribution in [3.05, 3.63) is 0 Å². The van der Waals surface area contributed by atoms with Gasteiger partial charge < -0.3 is 0 Å². The van der Waals surface area contributed by atoms with E-state index >= 15 is 0 Å². The van der Waals surface area contributed by atoms with Gasteiger partial charge in [-0.1, -0.05) is 0 Å². The molecule has 0 saturated carbocycles. The van der Waals surface area contributed by atoms with E-state index < -0.39 is 9.29 Å². The van der Waals surface area contributed by atoms with Gasteiger partial charge in [-0.2, -0.15) is 0 Å². The molecule has 0 spiro atoms. The Morgan fingerprint density at radius 2 is 1.25 bits per heavy atom. The van der Waals surface area contributed by atoms with Gasteiger partial charge in [0.25, 0.3) is 0 Å². The zero-order valence-electron chi connectivity index (χ0n) is 1.32. The average Bonchev–Trinajstić information content (AvgIpc) is 0.918. The summed E-state index contributed by atoms with van der Waals surface area (Å²) in [6, 6.07) is 0. The fourth-order valence-corrected chi connectivity index (χ4v) is 0. The van der Waals surface area contributed by atoms with E-state index in [-0.39, 0.29) is 58.2 Å². The molecule has 0 N–H and O–H groups in total. The molecule has 0 fully saturated rings. The molecular formula is HO2RbSi. The molecule has 0 heterocycles. The van der Waals surface area contributed by atoms with Crippen LogP contribution in [0.3, 0.4) is 0 Å². The Kier molecular flexibility index (Phi) is 20.2. The predicted octanol–water partition coefficient (Wildman–Crippen LogP) is -1.27. The molecule has 0 aliphatic heterocycles. The van der Waals surface area contributed by atoms with Crippen molar-refractivity contribution >= 4 is 67.5 Å². The normalized spacial score (nSPS) is 2.00.